The van der Waals surface area contributed by atoms with E-state index in [0.29, 0.717) is 23.3 Å². The number of hydrogen-bond acceptors (Lipinski definition) is 6. The summed E-state index contributed by atoms with van der Waals surface area (Å²) in [6.45, 7) is 1.73. The number of anilines is 1. The average molecular weight is 457 g/mol. The molecule has 4 aromatic rings. The Balaban J connectivity index is 1.46. The lowest BCUT2D eigenvalue weighted by atomic mass is 10.2. The number of benzene rings is 2. The van der Waals surface area contributed by atoms with Gasteiger partial charge in [0.1, 0.15) is 35.4 Å². The second-order valence-electron chi connectivity index (χ2n) is 6.80. The minimum atomic E-state index is -3.96. The standard InChI is InChI=1S/C21H17F2N5O3S/c1-14-25-20(28-9-8-24-13-28)11-21(26-14)31-18-5-3-17(4-6-18)27-32(29,30)12-15-10-16(22)2-7-19(15)23/h2-11,13,27H,12H2,1H3. The zero-order valence-corrected chi connectivity index (χ0v) is 17.6. The molecule has 0 aliphatic rings. The van der Waals surface area contributed by atoms with Crippen molar-refractivity contribution in [1.29, 1.82) is 0 Å². The molecular weight excluding hydrogens is 440 g/mol. The zero-order valence-electron chi connectivity index (χ0n) is 16.7. The lowest BCUT2D eigenvalue weighted by molar-refractivity contribution is 0.459. The Labute approximate surface area is 182 Å². The molecule has 0 radical (unpaired) electrons. The SMILES string of the molecule is Cc1nc(Oc2ccc(NS(=O)(=O)Cc3cc(F)ccc3F)cc2)cc(-n2ccnc2)n1. The van der Waals surface area contributed by atoms with E-state index < -0.39 is 27.4 Å². The molecule has 4 rings (SSSR count). The summed E-state index contributed by atoms with van der Waals surface area (Å²) in [4.78, 5) is 12.5. The molecule has 0 aliphatic heterocycles. The molecule has 0 saturated carbocycles. The predicted molar refractivity (Wildman–Crippen MR) is 113 cm³/mol. The minimum absolute atomic E-state index is 0.243. The van der Waals surface area contributed by atoms with E-state index in [0.717, 1.165) is 18.2 Å². The normalized spacial score (nSPS) is 11.3. The molecule has 2 aromatic heterocycles. The fraction of sp³-hybridized carbons (Fsp3) is 0.0952. The van der Waals surface area contributed by atoms with E-state index in [2.05, 4.69) is 19.7 Å². The van der Waals surface area contributed by atoms with Gasteiger partial charge in [0.05, 0.1) is 5.75 Å². The van der Waals surface area contributed by atoms with E-state index in [1.807, 2.05) is 0 Å². The van der Waals surface area contributed by atoms with E-state index in [9.17, 15) is 17.2 Å². The summed E-state index contributed by atoms with van der Waals surface area (Å²) in [6.07, 6.45) is 4.96. The fourth-order valence-electron chi connectivity index (χ4n) is 2.89. The van der Waals surface area contributed by atoms with Crippen LogP contribution in [-0.2, 0) is 15.8 Å². The van der Waals surface area contributed by atoms with Crippen molar-refractivity contribution in [2.24, 2.45) is 0 Å². The summed E-state index contributed by atoms with van der Waals surface area (Å²) < 4.78 is 61.5. The van der Waals surface area contributed by atoms with Crippen LogP contribution in [0.15, 0.2) is 67.3 Å². The molecule has 0 unspecified atom stereocenters. The van der Waals surface area contributed by atoms with E-state index in [1.54, 1.807) is 48.4 Å². The van der Waals surface area contributed by atoms with E-state index in [-0.39, 0.29) is 11.3 Å². The molecule has 11 heteroatoms. The van der Waals surface area contributed by atoms with Crippen LogP contribution in [0, 0.1) is 18.6 Å². The number of nitrogens with zero attached hydrogens (tertiary/aromatic N) is 4. The van der Waals surface area contributed by atoms with Gasteiger partial charge in [-0.05, 0) is 49.4 Å². The molecule has 0 spiro atoms. The second-order valence-corrected chi connectivity index (χ2v) is 8.53. The van der Waals surface area contributed by atoms with Gasteiger partial charge in [-0.15, -0.1) is 0 Å². The highest BCUT2D eigenvalue weighted by Gasteiger charge is 2.16. The summed E-state index contributed by atoms with van der Waals surface area (Å²) in [7, 11) is -3.96. The molecule has 0 saturated heterocycles. The average Bonchev–Trinajstić information content (AvgIpc) is 3.26. The van der Waals surface area contributed by atoms with Crippen LogP contribution < -0.4 is 9.46 Å². The maximum atomic E-state index is 13.8. The molecule has 32 heavy (non-hydrogen) atoms. The first-order valence-corrected chi connectivity index (χ1v) is 11.0. The number of ether oxygens (including phenoxy) is 1. The van der Waals surface area contributed by atoms with Crippen molar-refractivity contribution in [1.82, 2.24) is 19.5 Å². The zero-order chi connectivity index (χ0) is 22.7. The number of sulfonamides is 1. The summed E-state index contributed by atoms with van der Waals surface area (Å²) in [5, 5.41) is 0. The predicted octanol–water partition coefficient (Wildman–Crippen LogP) is 3.98. The second kappa shape index (κ2) is 8.71. The first-order chi connectivity index (χ1) is 15.3. The number of halogens is 2. The number of nitrogens with one attached hydrogen (secondary N) is 1. The molecule has 0 atom stereocenters. The van der Waals surface area contributed by atoms with Crippen LogP contribution in [0.2, 0.25) is 0 Å². The van der Waals surface area contributed by atoms with E-state index in [4.69, 9.17) is 4.74 Å². The molecule has 164 valence electrons. The van der Waals surface area contributed by atoms with Crippen molar-refractivity contribution in [3.63, 3.8) is 0 Å². The molecule has 0 fully saturated rings. The number of rotatable bonds is 7. The van der Waals surface area contributed by atoms with Crippen molar-refractivity contribution in [2.45, 2.75) is 12.7 Å². The largest absolute Gasteiger partial charge is 0.439 e. The third-order valence-corrected chi connectivity index (χ3v) is 5.51. The fourth-order valence-corrected chi connectivity index (χ4v) is 4.09. The van der Waals surface area contributed by atoms with Gasteiger partial charge in [-0.3, -0.25) is 9.29 Å². The molecule has 0 amide bonds. The van der Waals surface area contributed by atoms with Gasteiger partial charge in [0, 0.05) is 29.7 Å². The van der Waals surface area contributed by atoms with Gasteiger partial charge in [0.25, 0.3) is 0 Å². The molecule has 2 aromatic carbocycles. The van der Waals surface area contributed by atoms with Crippen LogP contribution in [0.1, 0.15) is 11.4 Å². The van der Waals surface area contributed by atoms with Crippen molar-refractivity contribution in [3.8, 4) is 17.4 Å². The topological polar surface area (TPSA) is 99.0 Å². The molecule has 0 bridgehead atoms. The van der Waals surface area contributed by atoms with E-state index >= 15 is 0 Å². The molecule has 1 N–H and O–H groups in total. The third-order valence-electron chi connectivity index (χ3n) is 4.27. The summed E-state index contributed by atoms with van der Waals surface area (Å²) in [5.74, 6) is -0.412. The van der Waals surface area contributed by atoms with Crippen LogP contribution in [-0.4, -0.2) is 27.9 Å². The van der Waals surface area contributed by atoms with Gasteiger partial charge in [-0.1, -0.05) is 0 Å². The maximum absolute atomic E-state index is 13.8. The van der Waals surface area contributed by atoms with Gasteiger partial charge in [-0.2, -0.15) is 4.98 Å². The Hall–Kier alpha value is -3.86. The van der Waals surface area contributed by atoms with Gasteiger partial charge < -0.3 is 4.74 Å². The molecule has 0 aliphatic carbocycles. The highest BCUT2D eigenvalue weighted by Crippen LogP contribution is 2.24. The van der Waals surface area contributed by atoms with Crippen molar-refractivity contribution < 1.29 is 21.9 Å². The Morgan fingerprint density at radius 2 is 1.84 bits per heavy atom. The molecule has 8 nitrogen and oxygen atoms in total. The minimum Gasteiger partial charge on any atom is -0.439 e. The van der Waals surface area contributed by atoms with Crippen molar-refractivity contribution in [3.05, 3.63) is 90.3 Å². The van der Waals surface area contributed by atoms with Gasteiger partial charge >= 0.3 is 0 Å². The highest BCUT2D eigenvalue weighted by molar-refractivity contribution is 7.91. The van der Waals surface area contributed by atoms with Gasteiger partial charge in [0.15, 0.2) is 0 Å². The van der Waals surface area contributed by atoms with Crippen molar-refractivity contribution >= 4 is 15.7 Å². The van der Waals surface area contributed by atoms with E-state index in [1.165, 1.54) is 12.1 Å². The third kappa shape index (κ3) is 5.24. The Bertz CT molecular complexity index is 1340. The Morgan fingerprint density at radius 3 is 2.56 bits per heavy atom. The number of aryl methyl sites for hydroxylation is 1. The van der Waals surface area contributed by atoms with Crippen LogP contribution in [0.25, 0.3) is 5.82 Å². The molecule has 2 heterocycles. The first-order valence-electron chi connectivity index (χ1n) is 9.34. The lowest BCUT2D eigenvalue weighted by Gasteiger charge is -2.11. The summed E-state index contributed by atoms with van der Waals surface area (Å²) in [5.41, 5.74) is -0.0163. The summed E-state index contributed by atoms with van der Waals surface area (Å²) >= 11 is 0. The smallest absolute Gasteiger partial charge is 0.237 e. The molecular formula is C21H17F2N5O3S. The quantitative estimate of drug-likeness (QED) is 0.451. The Morgan fingerprint density at radius 1 is 1.06 bits per heavy atom. The maximum Gasteiger partial charge on any atom is 0.237 e. The lowest BCUT2D eigenvalue weighted by Crippen LogP contribution is -2.16. The Kier molecular flexibility index (Phi) is 5.82. The van der Waals surface area contributed by atoms with Crippen molar-refractivity contribution in [2.75, 3.05) is 4.72 Å². The number of aromatic nitrogens is 4. The van der Waals surface area contributed by atoms with Gasteiger partial charge in [0.2, 0.25) is 15.9 Å². The van der Waals surface area contributed by atoms with Crippen LogP contribution in [0.3, 0.4) is 0 Å². The number of hydrogen-bond donors (Lipinski definition) is 1. The van der Waals surface area contributed by atoms with Crippen LogP contribution >= 0.6 is 0 Å². The summed E-state index contributed by atoms with van der Waals surface area (Å²) in [6, 6.07) is 10.4. The number of imidazole rings is 1. The van der Waals surface area contributed by atoms with Gasteiger partial charge in [-0.25, -0.2) is 27.2 Å². The van der Waals surface area contributed by atoms with Crippen LogP contribution in [0.5, 0.6) is 11.6 Å². The highest BCUT2D eigenvalue weighted by atomic mass is 32.2. The monoisotopic (exact) mass is 457 g/mol. The first kappa shape index (κ1) is 21.4. The van der Waals surface area contributed by atoms with Crippen LogP contribution in [0.4, 0.5) is 14.5 Å².